The molecule has 88 valence electrons. The van der Waals surface area contributed by atoms with E-state index in [4.69, 9.17) is 0 Å². The van der Waals surface area contributed by atoms with E-state index < -0.39 is 0 Å². The predicted molar refractivity (Wildman–Crippen MR) is 75.5 cm³/mol. The molecule has 0 atom stereocenters. The van der Waals surface area contributed by atoms with Crippen LogP contribution in [0.1, 0.15) is 29.2 Å². The third-order valence-corrected chi connectivity index (χ3v) is 3.42. The van der Waals surface area contributed by atoms with Crippen molar-refractivity contribution in [3.05, 3.63) is 58.7 Å². The largest absolute Gasteiger partial charge is 0.0620 e. The molecule has 2 aromatic rings. The maximum absolute atomic E-state index is 2.31. The molecule has 0 spiro atoms. The van der Waals surface area contributed by atoms with Gasteiger partial charge in [0.25, 0.3) is 0 Å². The zero-order valence-corrected chi connectivity index (χ0v) is 11.2. The summed E-state index contributed by atoms with van der Waals surface area (Å²) in [6, 6.07) is 13.3. The summed E-state index contributed by atoms with van der Waals surface area (Å²) in [6.45, 7) is 8.82. The molecule has 0 saturated carbocycles. The second-order valence-corrected chi connectivity index (χ2v) is 4.77. The predicted octanol–water partition coefficient (Wildman–Crippen LogP) is 4.84. The van der Waals surface area contributed by atoms with E-state index in [9.17, 15) is 0 Å². The molecule has 0 aromatic heterocycles. The smallest absolute Gasteiger partial charge is 0.0123 e. The van der Waals surface area contributed by atoms with Crippen molar-refractivity contribution >= 4 is 0 Å². The summed E-state index contributed by atoms with van der Waals surface area (Å²) in [4.78, 5) is 0. The normalized spacial score (nSPS) is 10.6. The van der Waals surface area contributed by atoms with Crippen LogP contribution in [-0.4, -0.2) is 0 Å². The van der Waals surface area contributed by atoms with Crippen molar-refractivity contribution < 1.29 is 0 Å². The molecule has 0 unspecified atom stereocenters. The van der Waals surface area contributed by atoms with E-state index in [-0.39, 0.29) is 0 Å². The lowest BCUT2D eigenvalue weighted by atomic mass is 9.91. The summed E-state index contributed by atoms with van der Waals surface area (Å²) >= 11 is 0. The van der Waals surface area contributed by atoms with Gasteiger partial charge in [0, 0.05) is 0 Å². The topological polar surface area (TPSA) is 0 Å². The Balaban J connectivity index is 2.64. The van der Waals surface area contributed by atoms with Crippen LogP contribution in [0.5, 0.6) is 0 Å². The molecule has 0 bridgehead atoms. The van der Waals surface area contributed by atoms with Gasteiger partial charge in [-0.3, -0.25) is 0 Å². The van der Waals surface area contributed by atoms with E-state index in [2.05, 4.69) is 64.1 Å². The minimum absolute atomic E-state index is 1.11. The maximum Gasteiger partial charge on any atom is -0.0123 e. The van der Waals surface area contributed by atoms with Crippen molar-refractivity contribution in [2.45, 2.75) is 34.1 Å². The van der Waals surface area contributed by atoms with E-state index in [1.165, 1.54) is 33.4 Å². The lowest BCUT2D eigenvalue weighted by Gasteiger charge is -2.14. The first kappa shape index (κ1) is 11.9. The number of hydrogen-bond acceptors (Lipinski definition) is 0. The molecule has 0 aliphatic rings. The first-order valence-electron chi connectivity index (χ1n) is 6.29. The van der Waals surface area contributed by atoms with Crippen molar-refractivity contribution in [2.24, 2.45) is 0 Å². The van der Waals surface area contributed by atoms with Crippen LogP contribution in [0.2, 0.25) is 0 Å². The highest BCUT2D eigenvalue weighted by atomic mass is 14.1. The molecule has 0 nitrogen and oxygen atoms in total. The van der Waals surface area contributed by atoms with E-state index in [1.807, 2.05) is 0 Å². The Bertz CT molecular complexity index is 512. The van der Waals surface area contributed by atoms with Gasteiger partial charge in [0.1, 0.15) is 0 Å². The van der Waals surface area contributed by atoms with Gasteiger partial charge < -0.3 is 0 Å². The van der Waals surface area contributed by atoms with Crippen LogP contribution in [0.3, 0.4) is 0 Å². The third kappa shape index (κ3) is 2.26. The summed E-state index contributed by atoms with van der Waals surface area (Å²) in [7, 11) is 0. The van der Waals surface area contributed by atoms with Crippen LogP contribution in [-0.2, 0) is 6.42 Å². The van der Waals surface area contributed by atoms with Gasteiger partial charge in [-0.05, 0) is 60.6 Å². The van der Waals surface area contributed by atoms with Crippen LogP contribution >= 0.6 is 0 Å². The Morgan fingerprint density at radius 1 is 0.824 bits per heavy atom. The highest BCUT2D eigenvalue weighted by Gasteiger charge is 2.08. The van der Waals surface area contributed by atoms with Crippen molar-refractivity contribution in [1.82, 2.24) is 0 Å². The molecular formula is C17H20. The lowest BCUT2D eigenvalue weighted by molar-refractivity contribution is 1.12. The summed E-state index contributed by atoms with van der Waals surface area (Å²) < 4.78 is 0. The molecule has 0 aliphatic carbocycles. The Hall–Kier alpha value is -1.56. The van der Waals surface area contributed by atoms with E-state index >= 15 is 0 Å². The highest BCUT2D eigenvalue weighted by Crippen LogP contribution is 2.30. The fraction of sp³-hybridized carbons (Fsp3) is 0.294. The molecule has 17 heavy (non-hydrogen) atoms. The zero-order chi connectivity index (χ0) is 12.4. The summed E-state index contributed by atoms with van der Waals surface area (Å²) in [6.07, 6.45) is 1.11. The van der Waals surface area contributed by atoms with Crippen molar-refractivity contribution in [2.75, 3.05) is 0 Å². The third-order valence-electron chi connectivity index (χ3n) is 3.42. The van der Waals surface area contributed by atoms with Crippen LogP contribution < -0.4 is 0 Å². The average Bonchev–Trinajstić information content (AvgIpc) is 2.30. The fourth-order valence-electron chi connectivity index (χ4n) is 2.54. The van der Waals surface area contributed by atoms with Gasteiger partial charge in [-0.1, -0.05) is 43.3 Å². The second-order valence-electron chi connectivity index (χ2n) is 4.77. The summed E-state index contributed by atoms with van der Waals surface area (Å²) in [5.41, 5.74) is 8.32. The SMILES string of the molecule is CCc1cc(C)c(-c2ccccc2C)c(C)c1. The molecule has 2 aromatic carbocycles. The van der Waals surface area contributed by atoms with E-state index in [0.717, 1.165) is 6.42 Å². The monoisotopic (exact) mass is 224 g/mol. The van der Waals surface area contributed by atoms with Crippen molar-refractivity contribution in [1.29, 1.82) is 0 Å². The van der Waals surface area contributed by atoms with Crippen LogP contribution in [0.4, 0.5) is 0 Å². The summed E-state index contributed by atoms with van der Waals surface area (Å²) in [5.74, 6) is 0. The first-order chi connectivity index (χ1) is 8.13. The van der Waals surface area contributed by atoms with Crippen molar-refractivity contribution in [3.8, 4) is 11.1 Å². The summed E-state index contributed by atoms with van der Waals surface area (Å²) in [5, 5.41) is 0. The van der Waals surface area contributed by atoms with Gasteiger partial charge in [-0.15, -0.1) is 0 Å². The molecule has 2 rings (SSSR count). The van der Waals surface area contributed by atoms with Crippen molar-refractivity contribution in [3.63, 3.8) is 0 Å². The number of hydrogen-bond donors (Lipinski definition) is 0. The molecule has 0 amide bonds. The van der Waals surface area contributed by atoms with Gasteiger partial charge >= 0.3 is 0 Å². The molecule has 0 heterocycles. The molecule has 0 aliphatic heterocycles. The van der Waals surface area contributed by atoms with Gasteiger partial charge in [-0.2, -0.15) is 0 Å². The van der Waals surface area contributed by atoms with Crippen LogP contribution in [0.15, 0.2) is 36.4 Å². The molecular weight excluding hydrogens is 204 g/mol. The zero-order valence-electron chi connectivity index (χ0n) is 11.2. The van der Waals surface area contributed by atoms with E-state index in [1.54, 1.807) is 0 Å². The second kappa shape index (κ2) is 4.75. The minimum Gasteiger partial charge on any atom is -0.0620 e. The highest BCUT2D eigenvalue weighted by molar-refractivity contribution is 5.73. The Labute approximate surface area is 104 Å². The van der Waals surface area contributed by atoms with E-state index in [0.29, 0.717) is 0 Å². The Kier molecular flexibility index (Phi) is 3.33. The molecule has 0 radical (unpaired) electrons. The number of aryl methyl sites for hydroxylation is 4. The molecule has 0 saturated heterocycles. The van der Waals surface area contributed by atoms with Gasteiger partial charge in [0.2, 0.25) is 0 Å². The fourth-order valence-corrected chi connectivity index (χ4v) is 2.54. The van der Waals surface area contributed by atoms with Gasteiger partial charge in [0.15, 0.2) is 0 Å². The average molecular weight is 224 g/mol. The van der Waals surface area contributed by atoms with Gasteiger partial charge in [0.05, 0.1) is 0 Å². The van der Waals surface area contributed by atoms with Gasteiger partial charge in [-0.25, -0.2) is 0 Å². The van der Waals surface area contributed by atoms with Crippen LogP contribution in [0, 0.1) is 20.8 Å². The lowest BCUT2D eigenvalue weighted by Crippen LogP contribution is -1.93. The standard InChI is InChI=1S/C17H20/c1-5-15-10-13(3)17(14(4)11-15)16-9-7-6-8-12(16)2/h6-11H,5H2,1-4H3. The van der Waals surface area contributed by atoms with Crippen LogP contribution in [0.25, 0.3) is 11.1 Å². The maximum atomic E-state index is 2.31. The molecule has 0 N–H and O–H groups in total. The number of benzene rings is 2. The Morgan fingerprint density at radius 2 is 1.41 bits per heavy atom. The molecule has 0 fully saturated rings. The number of rotatable bonds is 2. The minimum atomic E-state index is 1.11. The molecule has 0 heteroatoms. The Morgan fingerprint density at radius 3 is 1.94 bits per heavy atom. The quantitative estimate of drug-likeness (QED) is 0.684. The first-order valence-corrected chi connectivity index (χ1v) is 6.29.